The summed E-state index contributed by atoms with van der Waals surface area (Å²) in [5.41, 5.74) is 2.18. The van der Waals surface area contributed by atoms with Crippen LogP contribution in [0.2, 0.25) is 0 Å². The molecule has 1 aliphatic rings. The molecule has 4 nitrogen and oxygen atoms in total. The van der Waals surface area contributed by atoms with E-state index in [1.54, 1.807) is 7.11 Å². The Labute approximate surface area is 136 Å². The minimum atomic E-state index is 0. The van der Waals surface area contributed by atoms with Crippen LogP contribution >= 0.6 is 12.4 Å². The third kappa shape index (κ3) is 3.92. The summed E-state index contributed by atoms with van der Waals surface area (Å²) in [5.74, 6) is 2.66. The summed E-state index contributed by atoms with van der Waals surface area (Å²) in [6, 6.07) is 15.9. The van der Waals surface area contributed by atoms with Gasteiger partial charge in [-0.1, -0.05) is 12.1 Å². The van der Waals surface area contributed by atoms with E-state index in [0.717, 1.165) is 41.6 Å². The number of aliphatic imine (C=N–C) groups is 1. The second-order valence-electron chi connectivity index (χ2n) is 4.82. The molecule has 0 aliphatic carbocycles. The summed E-state index contributed by atoms with van der Waals surface area (Å²) in [6.07, 6.45) is 0. The predicted octanol–water partition coefficient (Wildman–Crippen LogP) is 3.05. The minimum absolute atomic E-state index is 0. The topological polar surface area (TPSA) is 42.9 Å². The van der Waals surface area contributed by atoms with E-state index in [-0.39, 0.29) is 12.4 Å². The van der Waals surface area contributed by atoms with Gasteiger partial charge in [-0.2, -0.15) is 0 Å². The maximum Gasteiger partial charge on any atom is 0.128 e. The molecule has 0 radical (unpaired) electrons. The maximum absolute atomic E-state index is 5.79. The van der Waals surface area contributed by atoms with Crippen molar-refractivity contribution < 1.29 is 9.47 Å². The molecule has 0 unspecified atom stereocenters. The van der Waals surface area contributed by atoms with Crippen LogP contribution < -0.4 is 14.8 Å². The van der Waals surface area contributed by atoms with Gasteiger partial charge in [-0.05, 0) is 42.0 Å². The van der Waals surface area contributed by atoms with Gasteiger partial charge in [-0.3, -0.25) is 4.99 Å². The van der Waals surface area contributed by atoms with Crippen molar-refractivity contribution in [3.05, 3.63) is 59.7 Å². The van der Waals surface area contributed by atoms with Crippen LogP contribution in [-0.2, 0) is 6.61 Å². The molecule has 5 heteroatoms. The first kappa shape index (κ1) is 16.2. The lowest BCUT2D eigenvalue weighted by atomic mass is 10.2. The average molecular weight is 319 g/mol. The van der Waals surface area contributed by atoms with Crippen molar-refractivity contribution in [2.24, 2.45) is 4.99 Å². The monoisotopic (exact) mass is 318 g/mol. The molecule has 1 aliphatic heterocycles. The lowest BCUT2D eigenvalue weighted by molar-refractivity contribution is 0.305. The second-order valence-corrected chi connectivity index (χ2v) is 4.82. The first-order valence-electron chi connectivity index (χ1n) is 6.99. The lowest BCUT2D eigenvalue weighted by Crippen LogP contribution is -2.19. The van der Waals surface area contributed by atoms with Crippen molar-refractivity contribution >= 4 is 18.2 Å². The fraction of sp³-hybridized carbons (Fsp3) is 0.235. The molecule has 0 amide bonds. The van der Waals surface area contributed by atoms with Gasteiger partial charge in [0.15, 0.2) is 0 Å². The number of rotatable bonds is 5. The summed E-state index contributed by atoms with van der Waals surface area (Å²) in [7, 11) is 1.67. The van der Waals surface area contributed by atoms with E-state index in [9.17, 15) is 0 Å². The molecule has 0 atom stereocenters. The van der Waals surface area contributed by atoms with Crippen molar-refractivity contribution in [2.45, 2.75) is 6.61 Å². The molecule has 2 aromatic carbocycles. The largest absolute Gasteiger partial charge is 0.497 e. The molecule has 1 heterocycles. The summed E-state index contributed by atoms with van der Waals surface area (Å²) >= 11 is 0. The quantitative estimate of drug-likeness (QED) is 0.921. The molecule has 0 spiro atoms. The first-order valence-corrected chi connectivity index (χ1v) is 6.99. The molecule has 0 saturated carbocycles. The molecule has 1 N–H and O–H groups in total. The Bertz CT molecular complexity index is 641. The lowest BCUT2D eigenvalue weighted by Gasteiger charge is -2.08. The zero-order valence-electron chi connectivity index (χ0n) is 12.4. The number of nitrogens with zero attached hydrogens (tertiary/aromatic N) is 1. The number of hydrogen-bond acceptors (Lipinski definition) is 4. The van der Waals surface area contributed by atoms with Crippen LogP contribution in [0.5, 0.6) is 11.5 Å². The molecule has 0 bridgehead atoms. The smallest absolute Gasteiger partial charge is 0.128 e. The fourth-order valence-corrected chi connectivity index (χ4v) is 2.23. The second kappa shape index (κ2) is 7.71. The number of methoxy groups -OCH3 is 1. The molecule has 2 aromatic rings. The summed E-state index contributed by atoms with van der Waals surface area (Å²) in [5, 5.41) is 3.26. The van der Waals surface area contributed by atoms with Crippen LogP contribution in [-0.4, -0.2) is 26.0 Å². The van der Waals surface area contributed by atoms with E-state index < -0.39 is 0 Å². The van der Waals surface area contributed by atoms with Crippen LogP contribution in [0.15, 0.2) is 53.5 Å². The van der Waals surface area contributed by atoms with E-state index >= 15 is 0 Å². The highest BCUT2D eigenvalue weighted by molar-refractivity contribution is 5.99. The highest BCUT2D eigenvalue weighted by Crippen LogP contribution is 2.17. The Morgan fingerprint density at radius 2 is 1.91 bits per heavy atom. The van der Waals surface area contributed by atoms with Gasteiger partial charge in [0, 0.05) is 12.1 Å². The number of hydrogen-bond donors (Lipinski definition) is 1. The SMILES string of the molecule is COc1cccc(COc2ccc(C3=NCCN3)cc2)c1.Cl. The number of halogens is 1. The van der Waals surface area contributed by atoms with Gasteiger partial charge in [0.05, 0.1) is 13.7 Å². The molecule has 0 saturated heterocycles. The van der Waals surface area contributed by atoms with Crippen LogP contribution in [0.3, 0.4) is 0 Å². The van der Waals surface area contributed by atoms with Crippen molar-refractivity contribution in [3.63, 3.8) is 0 Å². The van der Waals surface area contributed by atoms with Gasteiger partial charge in [0.25, 0.3) is 0 Å². The van der Waals surface area contributed by atoms with Crippen LogP contribution in [0.4, 0.5) is 0 Å². The fourth-order valence-electron chi connectivity index (χ4n) is 2.23. The number of nitrogens with one attached hydrogen (secondary N) is 1. The van der Waals surface area contributed by atoms with Gasteiger partial charge in [0.2, 0.25) is 0 Å². The molecular weight excluding hydrogens is 300 g/mol. The summed E-state index contributed by atoms with van der Waals surface area (Å²) in [4.78, 5) is 4.40. The molecule has 0 fully saturated rings. The maximum atomic E-state index is 5.79. The Balaban J connectivity index is 0.00000176. The third-order valence-corrected chi connectivity index (χ3v) is 3.34. The highest BCUT2D eigenvalue weighted by Gasteiger charge is 2.07. The van der Waals surface area contributed by atoms with E-state index in [4.69, 9.17) is 9.47 Å². The Morgan fingerprint density at radius 1 is 1.09 bits per heavy atom. The van der Waals surface area contributed by atoms with Gasteiger partial charge in [-0.25, -0.2) is 0 Å². The molecule has 3 rings (SSSR count). The highest BCUT2D eigenvalue weighted by atomic mass is 35.5. The molecular formula is C17H19ClN2O2. The molecule has 0 aromatic heterocycles. The van der Waals surface area contributed by atoms with Crippen molar-refractivity contribution in [2.75, 3.05) is 20.2 Å². The Kier molecular flexibility index (Phi) is 5.67. The summed E-state index contributed by atoms with van der Waals surface area (Å²) < 4.78 is 11.0. The Morgan fingerprint density at radius 3 is 2.59 bits per heavy atom. The van der Waals surface area contributed by atoms with Crippen molar-refractivity contribution in [1.82, 2.24) is 5.32 Å². The van der Waals surface area contributed by atoms with Gasteiger partial charge < -0.3 is 14.8 Å². The number of benzene rings is 2. The molecule has 22 heavy (non-hydrogen) atoms. The predicted molar refractivity (Wildman–Crippen MR) is 90.4 cm³/mol. The number of ether oxygens (including phenoxy) is 2. The average Bonchev–Trinajstić information content (AvgIpc) is 3.08. The zero-order chi connectivity index (χ0) is 14.5. The van der Waals surface area contributed by atoms with Crippen LogP contribution in [0.1, 0.15) is 11.1 Å². The van der Waals surface area contributed by atoms with E-state index in [2.05, 4.69) is 10.3 Å². The van der Waals surface area contributed by atoms with Crippen LogP contribution in [0.25, 0.3) is 0 Å². The molecule has 116 valence electrons. The minimum Gasteiger partial charge on any atom is -0.497 e. The van der Waals surface area contributed by atoms with E-state index in [1.807, 2.05) is 48.5 Å². The zero-order valence-corrected chi connectivity index (χ0v) is 13.2. The van der Waals surface area contributed by atoms with E-state index in [0.29, 0.717) is 6.61 Å². The van der Waals surface area contributed by atoms with Gasteiger partial charge in [-0.15, -0.1) is 12.4 Å². The summed E-state index contributed by atoms with van der Waals surface area (Å²) in [6.45, 7) is 2.29. The number of amidine groups is 1. The normalized spacial score (nSPS) is 12.9. The van der Waals surface area contributed by atoms with E-state index in [1.165, 1.54) is 0 Å². The first-order chi connectivity index (χ1) is 10.3. The van der Waals surface area contributed by atoms with Crippen LogP contribution in [0, 0.1) is 0 Å². The van der Waals surface area contributed by atoms with Crippen molar-refractivity contribution in [3.8, 4) is 11.5 Å². The van der Waals surface area contributed by atoms with Crippen molar-refractivity contribution in [1.29, 1.82) is 0 Å². The Hall–Kier alpha value is -2.20. The standard InChI is InChI=1S/C17H18N2O2.ClH/c1-20-16-4-2-3-13(11-16)12-21-15-7-5-14(6-8-15)17-18-9-10-19-17;/h2-8,11H,9-10,12H2,1H3,(H,18,19);1H. The van der Waals surface area contributed by atoms with Gasteiger partial charge >= 0.3 is 0 Å². The third-order valence-electron chi connectivity index (χ3n) is 3.34. The van der Waals surface area contributed by atoms with Gasteiger partial charge in [0.1, 0.15) is 23.9 Å².